The van der Waals surface area contributed by atoms with Gasteiger partial charge in [-0.3, -0.25) is 19.1 Å². The molecule has 1 fully saturated rings. The van der Waals surface area contributed by atoms with Crippen molar-refractivity contribution in [3.05, 3.63) is 68.7 Å². The summed E-state index contributed by atoms with van der Waals surface area (Å²) in [6.07, 6.45) is -1.13. The first-order valence-electron chi connectivity index (χ1n) is 8.51. The Hall–Kier alpha value is -2.49. The van der Waals surface area contributed by atoms with Gasteiger partial charge in [0.15, 0.2) is 0 Å². The maximum absolute atomic E-state index is 13.6. The summed E-state index contributed by atoms with van der Waals surface area (Å²) in [5, 5.41) is 0. The van der Waals surface area contributed by atoms with E-state index in [0.717, 1.165) is 16.3 Å². The molecule has 0 amide bonds. The van der Waals surface area contributed by atoms with Crippen molar-refractivity contribution >= 4 is 17.6 Å². The smallest absolute Gasteiger partial charge is 0.330 e. The summed E-state index contributed by atoms with van der Waals surface area (Å²) in [6, 6.07) is 9.39. The number of rotatable bonds is 7. The molecule has 0 aliphatic carbocycles. The van der Waals surface area contributed by atoms with Gasteiger partial charge in [0.25, 0.3) is 5.56 Å². The average Bonchev–Trinajstić information content (AvgIpc) is 3.10. The van der Waals surface area contributed by atoms with Crippen LogP contribution in [0.3, 0.4) is 0 Å². The van der Waals surface area contributed by atoms with Gasteiger partial charge < -0.3 is 14.2 Å². The second-order valence-corrected chi connectivity index (χ2v) is 6.43. The molecule has 0 saturated carbocycles. The number of benzene rings is 1. The fourth-order valence-corrected chi connectivity index (χ4v) is 2.94. The molecular weight excluding hydrogens is 395 g/mol. The molecule has 0 radical (unpaired) electrons. The molecule has 1 saturated heterocycles. The number of hydrogen-bond acceptors (Lipinski definition) is 6. The van der Waals surface area contributed by atoms with Crippen LogP contribution in [-0.2, 0) is 25.6 Å². The van der Waals surface area contributed by atoms with E-state index in [1.54, 1.807) is 0 Å². The van der Waals surface area contributed by atoms with E-state index >= 15 is 0 Å². The van der Waals surface area contributed by atoms with Gasteiger partial charge in [0, 0.05) is 6.42 Å². The van der Waals surface area contributed by atoms with E-state index in [-0.39, 0.29) is 25.5 Å². The maximum atomic E-state index is 13.6. The van der Waals surface area contributed by atoms with Crippen molar-refractivity contribution in [3.8, 4) is 0 Å². The lowest BCUT2D eigenvalue weighted by atomic mass is 10.1. The first kappa shape index (κ1) is 20.2. The highest BCUT2D eigenvalue weighted by Crippen LogP contribution is 2.30. The number of nitrogens with zero attached hydrogens (tertiary/aromatic N) is 1. The van der Waals surface area contributed by atoms with Crippen LogP contribution in [0.25, 0.3) is 0 Å². The molecule has 10 heteroatoms. The standard InChI is InChI=1S/C18H18ClFN2O6/c19-7-16(23)27-10-14-13(26-9-11-4-2-1-3-5-11)6-15(28-14)22-8-12(20)17(24)21-18(22)25/h1-5,8,13-15H,6-7,9-10H2,(H,21,24,25)/t13-,14+,15+/m0/s1. The van der Waals surface area contributed by atoms with Gasteiger partial charge in [-0.05, 0) is 5.56 Å². The Bertz CT molecular complexity index is 932. The van der Waals surface area contributed by atoms with E-state index in [9.17, 15) is 18.8 Å². The van der Waals surface area contributed by atoms with Crippen LogP contribution in [0, 0.1) is 5.82 Å². The van der Waals surface area contributed by atoms with Crippen molar-refractivity contribution in [1.29, 1.82) is 0 Å². The molecule has 2 heterocycles. The largest absolute Gasteiger partial charge is 0.462 e. The third-order valence-electron chi connectivity index (χ3n) is 4.24. The van der Waals surface area contributed by atoms with Crippen molar-refractivity contribution < 1.29 is 23.4 Å². The molecule has 1 N–H and O–H groups in total. The summed E-state index contributed by atoms with van der Waals surface area (Å²) in [7, 11) is 0. The van der Waals surface area contributed by atoms with E-state index in [0.29, 0.717) is 0 Å². The van der Waals surface area contributed by atoms with E-state index in [4.69, 9.17) is 25.8 Å². The number of aromatic amines is 1. The molecular formula is C18H18ClFN2O6. The summed E-state index contributed by atoms with van der Waals surface area (Å²) in [5.74, 6) is -2.04. The Kier molecular flexibility index (Phi) is 6.61. The summed E-state index contributed by atoms with van der Waals surface area (Å²) in [6.45, 7) is 0.137. The maximum Gasteiger partial charge on any atom is 0.330 e. The van der Waals surface area contributed by atoms with Crippen molar-refractivity contribution in [2.24, 2.45) is 0 Å². The highest BCUT2D eigenvalue weighted by molar-refractivity contribution is 6.26. The zero-order valence-electron chi connectivity index (χ0n) is 14.7. The summed E-state index contributed by atoms with van der Waals surface area (Å²) < 4.78 is 31.2. The number of carbonyl (C=O) groups is 1. The average molecular weight is 413 g/mol. The van der Waals surface area contributed by atoms with Crippen LogP contribution in [0.4, 0.5) is 4.39 Å². The highest BCUT2D eigenvalue weighted by atomic mass is 35.5. The van der Waals surface area contributed by atoms with Gasteiger partial charge in [0.2, 0.25) is 5.82 Å². The van der Waals surface area contributed by atoms with Gasteiger partial charge >= 0.3 is 11.7 Å². The van der Waals surface area contributed by atoms with Gasteiger partial charge in [-0.1, -0.05) is 30.3 Å². The molecule has 1 aromatic carbocycles. The number of esters is 1. The molecule has 28 heavy (non-hydrogen) atoms. The lowest BCUT2D eigenvalue weighted by Crippen LogP contribution is -2.34. The summed E-state index contributed by atoms with van der Waals surface area (Å²) >= 11 is 5.43. The molecule has 3 rings (SSSR count). The zero-order chi connectivity index (χ0) is 20.1. The molecule has 2 aromatic rings. The van der Waals surface area contributed by atoms with Crippen LogP contribution in [0.1, 0.15) is 18.2 Å². The monoisotopic (exact) mass is 412 g/mol. The van der Waals surface area contributed by atoms with Gasteiger partial charge in [0.05, 0.1) is 18.9 Å². The third kappa shape index (κ3) is 4.86. The van der Waals surface area contributed by atoms with Crippen LogP contribution in [0.2, 0.25) is 0 Å². The number of H-pyrrole nitrogens is 1. The molecule has 0 spiro atoms. The molecule has 0 bridgehead atoms. The topological polar surface area (TPSA) is 99.6 Å². The Labute approximate surface area is 163 Å². The minimum absolute atomic E-state index is 0.137. The Morgan fingerprint density at radius 1 is 1.32 bits per heavy atom. The third-order valence-corrected chi connectivity index (χ3v) is 4.46. The van der Waals surface area contributed by atoms with Crippen molar-refractivity contribution in [2.45, 2.75) is 31.5 Å². The molecule has 3 atom stereocenters. The second-order valence-electron chi connectivity index (χ2n) is 6.16. The fraction of sp³-hybridized carbons (Fsp3) is 0.389. The summed E-state index contributed by atoms with van der Waals surface area (Å²) in [5.41, 5.74) is -0.991. The molecule has 0 unspecified atom stereocenters. The molecule has 8 nitrogen and oxygen atoms in total. The van der Waals surface area contributed by atoms with Crippen LogP contribution >= 0.6 is 11.6 Å². The quantitative estimate of drug-likeness (QED) is 0.544. The predicted molar refractivity (Wildman–Crippen MR) is 96.5 cm³/mol. The number of halogens is 2. The van der Waals surface area contributed by atoms with E-state index in [2.05, 4.69) is 0 Å². The van der Waals surface area contributed by atoms with Crippen molar-refractivity contribution in [1.82, 2.24) is 9.55 Å². The molecule has 150 valence electrons. The zero-order valence-corrected chi connectivity index (χ0v) is 15.4. The van der Waals surface area contributed by atoms with E-state index < -0.39 is 41.5 Å². The van der Waals surface area contributed by atoms with E-state index in [1.165, 1.54) is 0 Å². The predicted octanol–water partition coefficient (Wildman–Crippen LogP) is 1.33. The SMILES string of the molecule is O=C(CCl)OC[C@H]1O[C@@H](n2cc(F)c(=O)[nH]c2=O)C[C@@H]1OCc1ccccc1. The number of aromatic nitrogens is 2. The molecule has 1 aliphatic heterocycles. The van der Waals surface area contributed by atoms with Gasteiger partial charge in [-0.15, -0.1) is 11.6 Å². The first-order chi connectivity index (χ1) is 13.5. The molecule has 1 aromatic heterocycles. The second kappa shape index (κ2) is 9.13. The van der Waals surface area contributed by atoms with Crippen molar-refractivity contribution in [2.75, 3.05) is 12.5 Å². The van der Waals surface area contributed by atoms with Crippen LogP contribution < -0.4 is 11.2 Å². The van der Waals surface area contributed by atoms with Crippen LogP contribution in [-0.4, -0.2) is 40.2 Å². The number of carbonyl (C=O) groups excluding carboxylic acids is 1. The minimum atomic E-state index is -1.11. The Balaban J connectivity index is 1.75. The summed E-state index contributed by atoms with van der Waals surface area (Å²) in [4.78, 5) is 36.5. The lowest BCUT2D eigenvalue weighted by Gasteiger charge is -2.18. The van der Waals surface area contributed by atoms with Crippen molar-refractivity contribution in [3.63, 3.8) is 0 Å². The fourth-order valence-electron chi connectivity index (χ4n) is 2.86. The van der Waals surface area contributed by atoms with E-state index in [1.807, 2.05) is 35.3 Å². The number of nitrogens with one attached hydrogen (secondary N) is 1. The Morgan fingerprint density at radius 3 is 2.79 bits per heavy atom. The van der Waals surface area contributed by atoms with Crippen LogP contribution in [0.15, 0.2) is 46.1 Å². The Morgan fingerprint density at radius 2 is 2.07 bits per heavy atom. The number of alkyl halides is 1. The van der Waals surface area contributed by atoms with Gasteiger partial charge in [-0.25, -0.2) is 4.79 Å². The number of ether oxygens (including phenoxy) is 3. The normalized spacial score (nSPS) is 21.6. The molecule has 1 aliphatic rings. The lowest BCUT2D eigenvalue weighted by molar-refractivity contribution is -0.148. The first-order valence-corrected chi connectivity index (χ1v) is 9.05. The van der Waals surface area contributed by atoms with Gasteiger partial charge in [0.1, 0.15) is 24.8 Å². The van der Waals surface area contributed by atoms with Gasteiger partial charge in [-0.2, -0.15) is 4.39 Å². The minimum Gasteiger partial charge on any atom is -0.462 e. The number of hydrogen-bond donors (Lipinski definition) is 1. The highest BCUT2D eigenvalue weighted by Gasteiger charge is 2.38. The van der Waals surface area contributed by atoms with Crippen LogP contribution in [0.5, 0.6) is 0 Å².